The molecular weight excluding hydrogens is 172 g/mol. The van der Waals surface area contributed by atoms with Crippen molar-refractivity contribution in [1.82, 2.24) is 5.32 Å². The summed E-state index contributed by atoms with van der Waals surface area (Å²) in [4.78, 5) is 0. The first kappa shape index (κ1) is 10.3. The number of thioether (sulfide) groups is 1. The van der Waals surface area contributed by atoms with Gasteiger partial charge in [-0.3, -0.25) is 0 Å². The number of hydrogen-bond acceptors (Lipinski definition) is 4. The summed E-state index contributed by atoms with van der Waals surface area (Å²) < 4.78 is 0. The normalized spacial score (nSPS) is 32.2. The van der Waals surface area contributed by atoms with Crippen molar-refractivity contribution in [3.8, 4) is 0 Å². The molecule has 1 saturated heterocycles. The fourth-order valence-corrected chi connectivity index (χ4v) is 2.58. The fourth-order valence-electron chi connectivity index (χ4n) is 1.22. The highest BCUT2D eigenvalue weighted by Gasteiger charge is 2.24. The Morgan fingerprint density at radius 1 is 1.67 bits per heavy atom. The van der Waals surface area contributed by atoms with E-state index in [0.29, 0.717) is 5.25 Å². The van der Waals surface area contributed by atoms with Gasteiger partial charge in [0.2, 0.25) is 0 Å². The summed E-state index contributed by atoms with van der Waals surface area (Å²) in [5.41, 5.74) is 5.62. The molecule has 4 heteroatoms. The van der Waals surface area contributed by atoms with Crippen LogP contribution in [0.1, 0.15) is 13.3 Å². The van der Waals surface area contributed by atoms with Crippen LogP contribution >= 0.6 is 11.8 Å². The van der Waals surface area contributed by atoms with Crippen molar-refractivity contribution in [3.63, 3.8) is 0 Å². The molecule has 3 nitrogen and oxygen atoms in total. The molecule has 0 amide bonds. The molecule has 0 aromatic rings. The van der Waals surface area contributed by atoms with Crippen LogP contribution in [-0.2, 0) is 0 Å². The number of β-amino-alcohol motifs (C(OH)–C–C–N with tert-alkyl or cyclic N) is 1. The third-order valence-electron chi connectivity index (χ3n) is 2.03. The minimum Gasteiger partial charge on any atom is -0.391 e. The lowest BCUT2D eigenvalue weighted by Crippen LogP contribution is -2.22. The third-order valence-corrected chi connectivity index (χ3v) is 3.41. The number of hydrogen-bond donors (Lipinski definition) is 3. The largest absolute Gasteiger partial charge is 0.391 e. The Kier molecular flexibility index (Phi) is 4.35. The summed E-state index contributed by atoms with van der Waals surface area (Å²) in [6, 6.07) is 0.281. The first-order valence-corrected chi connectivity index (χ1v) is 5.51. The average molecular weight is 190 g/mol. The van der Waals surface area contributed by atoms with Crippen LogP contribution < -0.4 is 11.1 Å². The molecule has 3 atom stereocenters. The molecule has 1 fully saturated rings. The molecule has 72 valence electrons. The second-order valence-electron chi connectivity index (χ2n) is 3.40. The van der Waals surface area contributed by atoms with E-state index in [1.807, 2.05) is 18.7 Å². The Labute approximate surface area is 78.1 Å². The van der Waals surface area contributed by atoms with Crippen molar-refractivity contribution in [3.05, 3.63) is 0 Å². The van der Waals surface area contributed by atoms with Gasteiger partial charge in [-0.2, -0.15) is 11.8 Å². The molecule has 4 N–H and O–H groups in total. The van der Waals surface area contributed by atoms with E-state index in [1.54, 1.807) is 0 Å². The first-order chi connectivity index (χ1) is 5.70. The molecule has 1 aliphatic heterocycles. The lowest BCUT2D eigenvalue weighted by Gasteiger charge is -2.13. The van der Waals surface area contributed by atoms with E-state index >= 15 is 0 Å². The standard InChI is InChI=1S/C8H18N2OS/c1-6(9)2-3-12-8-5-10-4-7(8)11/h6-8,10-11H,2-5,9H2,1H3. The molecule has 12 heavy (non-hydrogen) atoms. The van der Waals surface area contributed by atoms with Gasteiger partial charge in [0.15, 0.2) is 0 Å². The Bertz CT molecular complexity index is 132. The third kappa shape index (κ3) is 3.31. The predicted molar refractivity (Wildman–Crippen MR) is 53.4 cm³/mol. The molecule has 1 rings (SSSR count). The molecule has 0 bridgehead atoms. The van der Waals surface area contributed by atoms with E-state index in [9.17, 15) is 5.11 Å². The number of aliphatic hydroxyl groups is 1. The van der Waals surface area contributed by atoms with E-state index in [2.05, 4.69) is 5.32 Å². The molecular formula is C8H18N2OS. The van der Waals surface area contributed by atoms with E-state index in [-0.39, 0.29) is 12.1 Å². The quantitative estimate of drug-likeness (QED) is 0.574. The Balaban J connectivity index is 2.06. The monoisotopic (exact) mass is 190 g/mol. The molecule has 0 spiro atoms. The minimum atomic E-state index is -0.164. The van der Waals surface area contributed by atoms with Crippen molar-refractivity contribution in [2.75, 3.05) is 18.8 Å². The van der Waals surface area contributed by atoms with Crippen LogP contribution in [0.4, 0.5) is 0 Å². The maximum Gasteiger partial charge on any atom is 0.0795 e. The van der Waals surface area contributed by atoms with Gasteiger partial charge >= 0.3 is 0 Å². The summed E-state index contributed by atoms with van der Waals surface area (Å²) in [6.45, 7) is 3.70. The smallest absolute Gasteiger partial charge is 0.0795 e. The van der Waals surface area contributed by atoms with Gasteiger partial charge in [0.1, 0.15) is 0 Å². The highest BCUT2D eigenvalue weighted by atomic mass is 32.2. The summed E-state index contributed by atoms with van der Waals surface area (Å²) in [5.74, 6) is 1.06. The Morgan fingerprint density at radius 2 is 2.42 bits per heavy atom. The summed E-state index contributed by atoms with van der Waals surface area (Å²) in [7, 11) is 0. The molecule has 0 aromatic heterocycles. The van der Waals surface area contributed by atoms with Gasteiger partial charge in [0, 0.05) is 24.4 Å². The highest BCUT2D eigenvalue weighted by Crippen LogP contribution is 2.18. The van der Waals surface area contributed by atoms with Crippen molar-refractivity contribution < 1.29 is 5.11 Å². The molecule has 0 saturated carbocycles. The van der Waals surface area contributed by atoms with Crippen molar-refractivity contribution in [1.29, 1.82) is 0 Å². The molecule has 1 aliphatic rings. The average Bonchev–Trinajstić information content (AvgIpc) is 2.36. The van der Waals surface area contributed by atoms with Crippen LogP contribution in [0, 0.1) is 0 Å². The van der Waals surface area contributed by atoms with Crippen molar-refractivity contribution in [2.24, 2.45) is 5.73 Å². The second kappa shape index (κ2) is 5.07. The zero-order valence-electron chi connectivity index (χ0n) is 7.49. The fraction of sp³-hybridized carbons (Fsp3) is 1.00. The summed E-state index contributed by atoms with van der Waals surface area (Å²) in [5, 5.41) is 13.0. The van der Waals surface area contributed by atoms with Gasteiger partial charge in [-0.1, -0.05) is 0 Å². The van der Waals surface area contributed by atoms with E-state index < -0.39 is 0 Å². The van der Waals surface area contributed by atoms with Crippen molar-refractivity contribution >= 4 is 11.8 Å². The number of aliphatic hydroxyl groups excluding tert-OH is 1. The Morgan fingerprint density at radius 3 is 2.92 bits per heavy atom. The molecule has 0 radical (unpaired) electrons. The van der Waals surface area contributed by atoms with Gasteiger partial charge in [-0.05, 0) is 19.1 Å². The number of rotatable bonds is 4. The second-order valence-corrected chi connectivity index (χ2v) is 4.75. The first-order valence-electron chi connectivity index (χ1n) is 4.46. The van der Waals surface area contributed by atoms with Gasteiger partial charge < -0.3 is 16.2 Å². The van der Waals surface area contributed by atoms with Gasteiger partial charge in [-0.15, -0.1) is 0 Å². The SMILES string of the molecule is CC(N)CCSC1CNCC1O. The van der Waals surface area contributed by atoms with Gasteiger partial charge in [-0.25, -0.2) is 0 Å². The minimum absolute atomic E-state index is 0.164. The summed E-state index contributed by atoms with van der Waals surface area (Å²) >= 11 is 1.83. The van der Waals surface area contributed by atoms with Crippen LogP contribution in [0.3, 0.4) is 0 Å². The van der Waals surface area contributed by atoms with Crippen molar-refractivity contribution in [2.45, 2.75) is 30.7 Å². The topological polar surface area (TPSA) is 58.3 Å². The molecule has 1 heterocycles. The van der Waals surface area contributed by atoms with Crippen LogP contribution in [0.5, 0.6) is 0 Å². The van der Waals surface area contributed by atoms with E-state index in [4.69, 9.17) is 5.73 Å². The van der Waals surface area contributed by atoms with Crippen LogP contribution in [0.15, 0.2) is 0 Å². The Hall–Kier alpha value is 0.230. The van der Waals surface area contributed by atoms with Crippen LogP contribution in [0.25, 0.3) is 0 Å². The van der Waals surface area contributed by atoms with E-state index in [0.717, 1.165) is 25.3 Å². The van der Waals surface area contributed by atoms with Crippen LogP contribution in [-0.4, -0.2) is 41.3 Å². The van der Waals surface area contributed by atoms with E-state index in [1.165, 1.54) is 0 Å². The summed E-state index contributed by atoms with van der Waals surface area (Å²) in [6.07, 6.45) is 0.872. The molecule has 0 aliphatic carbocycles. The number of nitrogens with one attached hydrogen (secondary N) is 1. The van der Waals surface area contributed by atoms with Gasteiger partial charge in [0.25, 0.3) is 0 Å². The van der Waals surface area contributed by atoms with Gasteiger partial charge in [0.05, 0.1) is 6.10 Å². The highest BCUT2D eigenvalue weighted by molar-refractivity contribution is 8.00. The molecule has 3 unspecified atom stereocenters. The molecule has 0 aromatic carbocycles. The maximum atomic E-state index is 9.44. The number of nitrogens with two attached hydrogens (primary N) is 1. The van der Waals surface area contributed by atoms with Crippen LogP contribution in [0.2, 0.25) is 0 Å². The maximum absolute atomic E-state index is 9.44. The zero-order valence-corrected chi connectivity index (χ0v) is 8.31. The lowest BCUT2D eigenvalue weighted by atomic mass is 10.3. The predicted octanol–water partition coefficient (Wildman–Crippen LogP) is -0.210. The lowest BCUT2D eigenvalue weighted by molar-refractivity contribution is 0.201. The zero-order chi connectivity index (χ0) is 8.97.